The third-order valence-electron chi connectivity index (χ3n) is 4.09. The van der Waals surface area contributed by atoms with E-state index >= 15 is 0 Å². The van der Waals surface area contributed by atoms with Crippen LogP contribution < -0.4 is 9.47 Å². The zero-order valence-electron chi connectivity index (χ0n) is 13.6. The number of rotatable bonds is 4. The molecule has 1 aromatic carbocycles. The van der Waals surface area contributed by atoms with Crippen molar-refractivity contribution in [2.75, 3.05) is 14.2 Å². The minimum Gasteiger partial charge on any atom is -0.496 e. The molecule has 0 saturated carbocycles. The van der Waals surface area contributed by atoms with E-state index in [1.807, 2.05) is 12.1 Å². The fourth-order valence-electron chi connectivity index (χ4n) is 2.87. The highest BCUT2D eigenvalue weighted by Crippen LogP contribution is 2.39. The van der Waals surface area contributed by atoms with Gasteiger partial charge in [-0.1, -0.05) is 0 Å². The normalized spacial score (nSPS) is 13.6. The maximum absolute atomic E-state index is 9.51. The topological polar surface area (TPSA) is 54.6 Å². The summed E-state index contributed by atoms with van der Waals surface area (Å²) in [7, 11) is 3.23. The summed E-state index contributed by atoms with van der Waals surface area (Å²) in [6, 6.07) is 6.05. The van der Waals surface area contributed by atoms with Gasteiger partial charge in [0.15, 0.2) is 0 Å². The smallest absolute Gasteiger partial charge is 0.136 e. The summed E-state index contributed by atoms with van der Waals surface area (Å²) in [6.07, 6.45) is 6.14. The molecule has 0 bridgehead atoms. The monoisotopic (exact) mass is 404 g/mol. The number of methoxy groups -OCH3 is 2. The van der Waals surface area contributed by atoms with Gasteiger partial charge >= 0.3 is 0 Å². The maximum Gasteiger partial charge on any atom is 0.136 e. The van der Waals surface area contributed by atoms with Gasteiger partial charge in [0.1, 0.15) is 22.6 Å². The van der Waals surface area contributed by atoms with Gasteiger partial charge < -0.3 is 9.47 Å². The number of nitrogens with zero attached hydrogens (tertiary/aromatic N) is 2. The molecular formula is C18H17BrN2O2S. The van der Waals surface area contributed by atoms with Crippen molar-refractivity contribution in [3.63, 3.8) is 0 Å². The number of fused-ring (bicyclic) bond motifs is 1. The van der Waals surface area contributed by atoms with Crippen LogP contribution >= 0.6 is 27.3 Å². The number of benzene rings is 1. The van der Waals surface area contributed by atoms with Gasteiger partial charge in [0.25, 0.3) is 0 Å². The van der Waals surface area contributed by atoms with E-state index in [0.717, 1.165) is 39.9 Å². The van der Waals surface area contributed by atoms with Crippen LogP contribution in [0.5, 0.6) is 11.5 Å². The van der Waals surface area contributed by atoms with Crippen molar-refractivity contribution in [3.05, 3.63) is 38.2 Å². The molecular weight excluding hydrogens is 388 g/mol. The standard InChI is InChI=1S/C18H17BrN2O2S/c1-22-15-8-16(23-2)14(19)7-11(15)10-21-18-13(9-20)12-5-3-4-6-17(12)24-18/h7-8,10H,3-6H2,1-2H3/b21-10+. The molecule has 0 N–H and O–H groups in total. The average Bonchev–Trinajstić information content (AvgIpc) is 2.97. The van der Waals surface area contributed by atoms with Crippen LogP contribution in [0.15, 0.2) is 21.6 Å². The lowest BCUT2D eigenvalue weighted by Crippen LogP contribution is -1.99. The van der Waals surface area contributed by atoms with Crippen LogP contribution in [0.25, 0.3) is 0 Å². The van der Waals surface area contributed by atoms with Crippen molar-refractivity contribution >= 4 is 38.5 Å². The van der Waals surface area contributed by atoms with Crippen molar-refractivity contribution in [1.29, 1.82) is 5.26 Å². The molecule has 1 heterocycles. The van der Waals surface area contributed by atoms with Gasteiger partial charge in [0.2, 0.25) is 0 Å². The molecule has 24 heavy (non-hydrogen) atoms. The second-order valence-electron chi connectivity index (χ2n) is 5.49. The summed E-state index contributed by atoms with van der Waals surface area (Å²) < 4.78 is 11.5. The van der Waals surface area contributed by atoms with Crippen LogP contribution in [0.3, 0.4) is 0 Å². The summed E-state index contributed by atoms with van der Waals surface area (Å²) in [5, 5.41) is 10.3. The highest BCUT2D eigenvalue weighted by Gasteiger charge is 2.20. The number of thiophene rings is 1. The molecule has 0 fully saturated rings. The molecule has 4 nitrogen and oxygen atoms in total. The Balaban J connectivity index is 1.99. The first-order chi connectivity index (χ1) is 11.7. The lowest BCUT2D eigenvalue weighted by atomic mass is 9.96. The highest BCUT2D eigenvalue weighted by atomic mass is 79.9. The lowest BCUT2D eigenvalue weighted by Gasteiger charge is -2.09. The molecule has 0 saturated heterocycles. The van der Waals surface area contributed by atoms with E-state index in [9.17, 15) is 5.26 Å². The van der Waals surface area contributed by atoms with Gasteiger partial charge in [0.05, 0.1) is 24.3 Å². The van der Waals surface area contributed by atoms with Crippen molar-refractivity contribution in [2.45, 2.75) is 25.7 Å². The average molecular weight is 405 g/mol. The Hall–Kier alpha value is -1.84. The summed E-state index contributed by atoms with van der Waals surface area (Å²) in [6.45, 7) is 0. The van der Waals surface area contributed by atoms with E-state index in [2.05, 4.69) is 27.0 Å². The van der Waals surface area contributed by atoms with Crippen LogP contribution in [-0.4, -0.2) is 20.4 Å². The molecule has 2 aromatic rings. The first kappa shape index (κ1) is 17.0. The van der Waals surface area contributed by atoms with Crippen molar-refractivity contribution < 1.29 is 9.47 Å². The molecule has 1 aliphatic carbocycles. The molecule has 1 aliphatic rings. The SMILES string of the molecule is COc1cc(OC)c(/C=N/c2sc3c(c2C#N)CCCC3)cc1Br. The molecule has 0 unspecified atom stereocenters. The van der Waals surface area contributed by atoms with Gasteiger partial charge in [-0.25, -0.2) is 4.99 Å². The van der Waals surface area contributed by atoms with Crippen LogP contribution in [-0.2, 0) is 12.8 Å². The minimum atomic E-state index is 0.679. The number of hydrogen-bond acceptors (Lipinski definition) is 5. The number of halogens is 1. The van der Waals surface area contributed by atoms with Crippen molar-refractivity contribution in [1.82, 2.24) is 0 Å². The van der Waals surface area contributed by atoms with E-state index in [1.54, 1.807) is 31.8 Å². The molecule has 3 rings (SSSR count). The van der Waals surface area contributed by atoms with Crippen LogP contribution in [0.4, 0.5) is 5.00 Å². The zero-order valence-corrected chi connectivity index (χ0v) is 16.0. The second-order valence-corrected chi connectivity index (χ2v) is 7.43. The number of aliphatic imine (C=N–C) groups is 1. The summed E-state index contributed by atoms with van der Waals surface area (Å²) >= 11 is 5.11. The van der Waals surface area contributed by atoms with E-state index in [-0.39, 0.29) is 0 Å². The third kappa shape index (κ3) is 3.19. The van der Waals surface area contributed by atoms with Gasteiger partial charge in [-0.05, 0) is 53.2 Å². The van der Waals surface area contributed by atoms with E-state index in [0.29, 0.717) is 11.5 Å². The van der Waals surface area contributed by atoms with Crippen LogP contribution in [0, 0.1) is 11.3 Å². The fourth-order valence-corrected chi connectivity index (χ4v) is 4.58. The van der Waals surface area contributed by atoms with Crippen molar-refractivity contribution in [2.24, 2.45) is 4.99 Å². The Morgan fingerprint density at radius 1 is 1.21 bits per heavy atom. The molecule has 6 heteroatoms. The number of ether oxygens (including phenoxy) is 2. The Labute approximate surface area is 153 Å². The minimum absolute atomic E-state index is 0.679. The Kier molecular flexibility index (Phi) is 5.22. The Bertz CT molecular complexity index is 837. The van der Waals surface area contributed by atoms with Crippen molar-refractivity contribution in [3.8, 4) is 17.6 Å². The van der Waals surface area contributed by atoms with Crippen LogP contribution in [0.2, 0.25) is 0 Å². The number of nitriles is 1. The summed E-state index contributed by atoms with van der Waals surface area (Å²) in [5.41, 5.74) is 2.77. The first-order valence-electron chi connectivity index (χ1n) is 7.68. The largest absolute Gasteiger partial charge is 0.496 e. The molecule has 0 radical (unpaired) electrons. The van der Waals surface area contributed by atoms with Gasteiger partial charge in [-0.2, -0.15) is 5.26 Å². The van der Waals surface area contributed by atoms with Gasteiger partial charge in [-0.3, -0.25) is 0 Å². The van der Waals surface area contributed by atoms with Gasteiger partial charge in [0, 0.05) is 22.7 Å². The Morgan fingerprint density at radius 2 is 1.96 bits per heavy atom. The second kappa shape index (κ2) is 7.37. The summed E-state index contributed by atoms with van der Waals surface area (Å²) in [5.74, 6) is 1.38. The first-order valence-corrected chi connectivity index (χ1v) is 9.29. The lowest BCUT2D eigenvalue weighted by molar-refractivity contribution is 0.392. The fraction of sp³-hybridized carbons (Fsp3) is 0.333. The molecule has 0 atom stereocenters. The number of aryl methyl sites for hydroxylation is 1. The van der Waals surface area contributed by atoms with E-state index in [4.69, 9.17) is 9.47 Å². The zero-order chi connectivity index (χ0) is 17.1. The third-order valence-corrected chi connectivity index (χ3v) is 5.91. The molecule has 0 amide bonds. The molecule has 1 aromatic heterocycles. The maximum atomic E-state index is 9.51. The van der Waals surface area contributed by atoms with E-state index in [1.165, 1.54) is 16.9 Å². The molecule has 0 aliphatic heterocycles. The summed E-state index contributed by atoms with van der Waals surface area (Å²) in [4.78, 5) is 5.90. The quantitative estimate of drug-likeness (QED) is 0.671. The predicted molar refractivity (Wildman–Crippen MR) is 100 cm³/mol. The van der Waals surface area contributed by atoms with E-state index < -0.39 is 0 Å². The van der Waals surface area contributed by atoms with Gasteiger partial charge in [-0.15, -0.1) is 11.3 Å². The number of hydrogen-bond donors (Lipinski definition) is 0. The highest BCUT2D eigenvalue weighted by molar-refractivity contribution is 9.10. The molecule has 0 spiro atoms. The molecule has 124 valence electrons. The Morgan fingerprint density at radius 3 is 2.67 bits per heavy atom. The van der Waals surface area contributed by atoms with Crippen LogP contribution in [0.1, 0.15) is 34.4 Å². The predicted octanol–water partition coefficient (Wildman–Crippen LogP) is 5.03.